The SMILES string of the molecule is CCCc1ccc2c3ccccc3n(CC)c2c1. The fraction of sp³-hybridized carbons (Fsp3) is 0.294. The molecule has 0 aliphatic heterocycles. The van der Waals surface area contributed by atoms with E-state index in [0.717, 1.165) is 6.54 Å². The van der Waals surface area contributed by atoms with Gasteiger partial charge in [-0.2, -0.15) is 0 Å². The van der Waals surface area contributed by atoms with E-state index in [4.69, 9.17) is 0 Å². The van der Waals surface area contributed by atoms with Crippen LogP contribution in [0.25, 0.3) is 21.8 Å². The molecule has 1 heterocycles. The van der Waals surface area contributed by atoms with Gasteiger partial charge < -0.3 is 4.57 Å². The third-order valence-electron chi connectivity index (χ3n) is 3.69. The summed E-state index contributed by atoms with van der Waals surface area (Å²) in [6.45, 7) is 5.48. The first kappa shape index (κ1) is 11.3. The number of aryl methyl sites for hydroxylation is 2. The van der Waals surface area contributed by atoms with Gasteiger partial charge in [0.05, 0.1) is 0 Å². The Morgan fingerprint density at radius 1 is 0.889 bits per heavy atom. The number of benzene rings is 2. The Balaban J connectivity index is 2.37. The van der Waals surface area contributed by atoms with Crippen LogP contribution in [-0.4, -0.2) is 4.57 Å². The van der Waals surface area contributed by atoms with E-state index in [0.29, 0.717) is 0 Å². The molecule has 92 valence electrons. The second kappa shape index (κ2) is 4.49. The molecule has 3 aromatic rings. The summed E-state index contributed by atoms with van der Waals surface area (Å²) in [5.41, 5.74) is 4.18. The molecule has 0 aliphatic rings. The van der Waals surface area contributed by atoms with Crippen LogP contribution in [0.3, 0.4) is 0 Å². The maximum Gasteiger partial charge on any atom is 0.0494 e. The van der Waals surface area contributed by atoms with Crippen LogP contribution in [0.4, 0.5) is 0 Å². The van der Waals surface area contributed by atoms with Gasteiger partial charge >= 0.3 is 0 Å². The normalized spacial score (nSPS) is 11.4. The van der Waals surface area contributed by atoms with Crippen molar-refractivity contribution in [3.05, 3.63) is 48.0 Å². The van der Waals surface area contributed by atoms with Crippen molar-refractivity contribution in [2.45, 2.75) is 33.2 Å². The zero-order valence-electron chi connectivity index (χ0n) is 11.1. The molecule has 1 nitrogen and oxygen atoms in total. The van der Waals surface area contributed by atoms with Crippen LogP contribution in [0.5, 0.6) is 0 Å². The minimum Gasteiger partial charge on any atom is -0.341 e. The molecule has 0 N–H and O–H groups in total. The number of rotatable bonds is 3. The second-order valence-corrected chi connectivity index (χ2v) is 4.86. The van der Waals surface area contributed by atoms with Gasteiger partial charge in [-0.1, -0.05) is 43.7 Å². The van der Waals surface area contributed by atoms with Crippen LogP contribution in [0.1, 0.15) is 25.8 Å². The zero-order valence-corrected chi connectivity index (χ0v) is 11.1. The van der Waals surface area contributed by atoms with Gasteiger partial charge in [-0.3, -0.25) is 0 Å². The topological polar surface area (TPSA) is 4.93 Å². The van der Waals surface area contributed by atoms with Crippen LogP contribution in [0.2, 0.25) is 0 Å². The summed E-state index contributed by atoms with van der Waals surface area (Å²) in [5, 5.41) is 2.75. The van der Waals surface area contributed by atoms with Crippen LogP contribution < -0.4 is 0 Å². The van der Waals surface area contributed by atoms with Crippen molar-refractivity contribution in [1.29, 1.82) is 0 Å². The number of hydrogen-bond donors (Lipinski definition) is 0. The summed E-state index contributed by atoms with van der Waals surface area (Å²) in [5.74, 6) is 0. The van der Waals surface area contributed by atoms with E-state index < -0.39 is 0 Å². The molecule has 0 amide bonds. The van der Waals surface area contributed by atoms with Gasteiger partial charge in [0.2, 0.25) is 0 Å². The molecule has 0 fully saturated rings. The molecule has 1 aromatic heterocycles. The molecule has 18 heavy (non-hydrogen) atoms. The Morgan fingerprint density at radius 3 is 2.44 bits per heavy atom. The molecule has 2 aromatic carbocycles. The van der Waals surface area contributed by atoms with E-state index in [-0.39, 0.29) is 0 Å². The molecule has 0 atom stereocenters. The molecule has 0 unspecified atom stereocenters. The average molecular weight is 237 g/mol. The lowest BCUT2D eigenvalue weighted by atomic mass is 10.1. The summed E-state index contributed by atoms with van der Waals surface area (Å²) >= 11 is 0. The molecule has 0 radical (unpaired) electrons. The van der Waals surface area contributed by atoms with Crippen molar-refractivity contribution >= 4 is 21.8 Å². The van der Waals surface area contributed by atoms with Crippen molar-refractivity contribution < 1.29 is 0 Å². The van der Waals surface area contributed by atoms with Gasteiger partial charge in [-0.15, -0.1) is 0 Å². The first-order chi connectivity index (χ1) is 8.85. The minimum atomic E-state index is 1.03. The molecule has 0 spiro atoms. The van der Waals surface area contributed by atoms with Crippen LogP contribution >= 0.6 is 0 Å². The Kier molecular flexibility index (Phi) is 2.83. The van der Waals surface area contributed by atoms with Crippen molar-refractivity contribution in [3.63, 3.8) is 0 Å². The van der Waals surface area contributed by atoms with E-state index in [9.17, 15) is 0 Å². The Labute approximate surface area is 108 Å². The zero-order chi connectivity index (χ0) is 12.5. The van der Waals surface area contributed by atoms with Gasteiger partial charge in [0, 0.05) is 28.4 Å². The molecular weight excluding hydrogens is 218 g/mol. The number of para-hydroxylation sites is 1. The fourth-order valence-electron chi connectivity index (χ4n) is 2.88. The monoisotopic (exact) mass is 237 g/mol. The molecule has 0 aliphatic carbocycles. The summed E-state index contributed by atoms with van der Waals surface area (Å²) in [7, 11) is 0. The van der Waals surface area contributed by atoms with Crippen molar-refractivity contribution in [3.8, 4) is 0 Å². The molecule has 1 heteroatoms. The average Bonchev–Trinajstić information content (AvgIpc) is 2.72. The first-order valence-electron chi connectivity index (χ1n) is 6.85. The predicted octanol–water partition coefficient (Wildman–Crippen LogP) is 4.77. The van der Waals surface area contributed by atoms with E-state index in [2.05, 4.69) is 60.9 Å². The van der Waals surface area contributed by atoms with Crippen LogP contribution in [0, 0.1) is 0 Å². The van der Waals surface area contributed by atoms with Gasteiger partial charge in [-0.05, 0) is 31.0 Å². The molecule has 3 rings (SSSR count). The van der Waals surface area contributed by atoms with Crippen LogP contribution in [-0.2, 0) is 13.0 Å². The maximum absolute atomic E-state index is 2.42. The third kappa shape index (κ3) is 1.62. The highest BCUT2D eigenvalue weighted by Crippen LogP contribution is 2.29. The number of aromatic nitrogens is 1. The Morgan fingerprint density at radius 2 is 1.67 bits per heavy atom. The van der Waals surface area contributed by atoms with Gasteiger partial charge in [0.25, 0.3) is 0 Å². The lowest BCUT2D eigenvalue weighted by molar-refractivity contribution is 0.825. The minimum absolute atomic E-state index is 1.03. The molecular formula is C17H19N. The number of nitrogens with zero attached hydrogens (tertiary/aromatic N) is 1. The summed E-state index contributed by atoms with van der Waals surface area (Å²) in [6, 6.07) is 15.6. The summed E-state index contributed by atoms with van der Waals surface area (Å²) in [6.07, 6.45) is 2.37. The second-order valence-electron chi connectivity index (χ2n) is 4.86. The Bertz CT molecular complexity index is 691. The number of hydrogen-bond acceptors (Lipinski definition) is 0. The van der Waals surface area contributed by atoms with Gasteiger partial charge in [-0.25, -0.2) is 0 Å². The highest BCUT2D eigenvalue weighted by molar-refractivity contribution is 6.08. The third-order valence-corrected chi connectivity index (χ3v) is 3.69. The largest absolute Gasteiger partial charge is 0.341 e. The van der Waals surface area contributed by atoms with E-state index >= 15 is 0 Å². The van der Waals surface area contributed by atoms with Crippen LogP contribution in [0.15, 0.2) is 42.5 Å². The van der Waals surface area contributed by atoms with Crippen molar-refractivity contribution in [2.75, 3.05) is 0 Å². The van der Waals surface area contributed by atoms with Crippen molar-refractivity contribution in [2.24, 2.45) is 0 Å². The van der Waals surface area contributed by atoms with E-state index in [1.54, 1.807) is 0 Å². The predicted molar refractivity (Wildman–Crippen MR) is 79.1 cm³/mol. The van der Waals surface area contributed by atoms with Gasteiger partial charge in [0.1, 0.15) is 0 Å². The summed E-state index contributed by atoms with van der Waals surface area (Å²) in [4.78, 5) is 0. The quantitative estimate of drug-likeness (QED) is 0.618. The highest BCUT2D eigenvalue weighted by Gasteiger charge is 2.08. The van der Waals surface area contributed by atoms with E-state index in [1.807, 2.05) is 0 Å². The van der Waals surface area contributed by atoms with Gasteiger partial charge in [0.15, 0.2) is 0 Å². The standard InChI is InChI=1S/C17H19N/c1-3-7-13-10-11-15-14-8-5-6-9-16(14)18(4-2)17(15)12-13/h5-6,8-12H,3-4,7H2,1-2H3. The molecule has 0 bridgehead atoms. The Hall–Kier alpha value is -1.76. The highest BCUT2D eigenvalue weighted by atomic mass is 15.0. The number of fused-ring (bicyclic) bond motifs is 3. The van der Waals surface area contributed by atoms with Crippen molar-refractivity contribution in [1.82, 2.24) is 4.57 Å². The first-order valence-corrected chi connectivity index (χ1v) is 6.85. The maximum atomic E-state index is 2.42. The smallest absolute Gasteiger partial charge is 0.0494 e. The molecule has 0 saturated carbocycles. The lowest BCUT2D eigenvalue weighted by Crippen LogP contribution is -1.93. The summed E-state index contributed by atoms with van der Waals surface area (Å²) < 4.78 is 2.42. The van der Waals surface area contributed by atoms with E-state index in [1.165, 1.54) is 40.2 Å². The molecule has 0 saturated heterocycles. The lowest BCUT2D eigenvalue weighted by Gasteiger charge is -2.04. The fourth-order valence-corrected chi connectivity index (χ4v) is 2.88.